The van der Waals surface area contributed by atoms with Crippen LogP contribution < -0.4 is 5.32 Å². The van der Waals surface area contributed by atoms with Crippen LogP contribution in [0.25, 0.3) is 0 Å². The van der Waals surface area contributed by atoms with E-state index >= 15 is 0 Å². The smallest absolute Gasteiger partial charge is 0.223 e. The standard InChI is InChI=1S/C20H26Cl2N2O3S/c21-17-4-3-16(18(22)11-17)12-28(26,27)24-7-5-14(6-8-24)20(25)23-19-10-13-1-2-15(19)9-13/h3-4,11,13-15,19H,1-2,5-10,12H2,(H,23,25)/t13-,15+,19+/m0/s1. The van der Waals surface area contributed by atoms with Crippen LogP contribution in [0.1, 0.15) is 44.1 Å². The molecule has 3 fully saturated rings. The predicted molar refractivity (Wildman–Crippen MR) is 111 cm³/mol. The maximum atomic E-state index is 12.8. The fraction of sp³-hybridized carbons (Fsp3) is 0.650. The van der Waals surface area contributed by atoms with Crippen LogP contribution in [0.3, 0.4) is 0 Å². The molecule has 1 aromatic carbocycles. The molecule has 1 aliphatic heterocycles. The van der Waals surface area contributed by atoms with E-state index in [1.54, 1.807) is 18.2 Å². The van der Waals surface area contributed by atoms with Crippen molar-refractivity contribution in [3.8, 4) is 0 Å². The summed E-state index contributed by atoms with van der Waals surface area (Å²) in [6, 6.07) is 5.18. The average molecular weight is 445 g/mol. The number of piperidine rings is 1. The molecule has 0 spiro atoms. The Kier molecular flexibility index (Phi) is 5.94. The Morgan fingerprint density at radius 3 is 2.46 bits per heavy atom. The number of hydrogen-bond acceptors (Lipinski definition) is 3. The molecule has 3 aliphatic rings. The van der Waals surface area contributed by atoms with E-state index in [0.717, 1.165) is 12.3 Å². The number of carbonyl (C=O) groups excluding carboxylic acids is 1. The summed E-state index contributed by atoms with van der Waals surface area (Å²) in [7, 11) is -3.48. The summed E-state index contributed by atoms with van der Waals surface area (Å²) in [5, 5.41) is 4.09. The van der Waals surface area contributed by atoms with E-state index in [0.29, 0.717) is 53.5 Å². The zero-order valence-corrected chi connectivity index (χ0v) is 18.1. The SMILES string of the molecule is O=C(N[C@@H]1C[C@H]2CC[C@@H]1C2)C1CCN(S(=O)(=O)Cc2ccc(Cl)cc2Cl)CC1. The van der Waals surface area contributed by atoms with Gasteiger partial charge in [-0.1, -0.05) is 35.7 Å². The van der Waals surface area contributed by atoms with Gasteiger partial charge in [0.25, 0.3) is 0 Å². The number of fused-ring (bicyclic) bond motifs is 2. The number of nitrogens with one attached hydrogen (secondary N) is 1. The van der Waals surface area contributed by atoms with Crippen LogP contribution in [0.2, 0.25) is 10.0 Å². The summed E-state index contributed by atoms with van der Waals surface area (Å²) >= 11 is 12.0. The molecule has 0 radical (unpaired) electrons. The topological polar surface area (TPSA) is 66.5 Å². The average Bonchev–Trinajstić information content (AvgIpc) is 3.27. The highest BCUT2D eigenvalue weighted by molar-refractivity contribution is 7.88. The normalized spacial score (nSPS) is 28.6. The van der Waals surface area contributed by atoms with Crippen LogP contribution in [0.4, 0.5) is 0 Å². The van der Waals surface area contributed by atoms with E-state index < -0.39 is 10.0 Å². The first-order valence-corrected chi connectivity index (χ1v) is 12.4. The highest BCUT2D eigenvalue weighted by Crippen LogP contribution is 2.44. The zero-order valence-electron chi connectivity index (χ0n) is 15.7. The van der Waals surface area contributed by atoms with Gasteiger partial charge in [0.2, 0.25) is 15.9 Å². The lowest BCUT2D eigenvalue weighted by Crippen LogP contribution is -2.46. The highest BCUT2D eigenvalue weighted by Gasteiger charge is 2.41. The van der Waals surface area contributed by atoms with Crippen LogP contribution in [0.5, 0.6) is 0 Å². The monoisotopic (exact) mass is 444 g/mol. The molecule has 4 rings (SSSR count). The van der Waals surface area contributed by atoms with Crippen molar-refractivity contribution in [3.05, 3.63) is 33.8 Å². The van der Waals surface area contributed by atoms with Crippen molar-refractivity contribution in [1.82, 2.24) is 9.62 Å². The zero-order chi connectivity index (χ0) is 19.9. The predicted octanol–water partition coefficient (Wildman–Crippen LogP) is 3.84. The minimum Gasteiger partial charge on any atom is -0.353 e. The van der Waals surface area contributed by atoms with Crippen molar-refractivity contribution >= 4 is 39.1 Å². The summed E-state index contributed by atoms with van der Waals surface area (Å²) in [6.07, 6.45) is 6.06. The molecule has 1 heterocycles. The lowest BCUT2D eigenvalue weighted by Gasteiger charge is -2.32. The number of sulfonamides is 1. The Morgan fingerprint density at radius 1 is 1.11 bits per heavy atom. The summed E-state index contributed by atoms with van der Waals surface area (Å²) in [4.78, 5) is 12.6. The molecule has 3 atom stereocenters. The fourth-order valence-electron chi connectivity index (χ4n) is 5.04. The van der Waals surface area contributed by atoms with E-state index in [9.17, 15) is 13.2 Å². The lowest BCUT2D eigenvalue weighted by atomic mass is 9.93. The van der Waals surface area contributed by atoms with Crippen LogP contribution in [0, 0.1) is 17.8 Å². The largest absolute Gasteiger partial charge is 0.353 e. The van der Waals surface area contributed by atoms with E-state index in [2.05, 4.69) is 5.32 Å². The summed E-state index contributed by atoms with van der Waals surface area (Å²) in [5.41, 5.74) is 0.544. The van der Waals surface area contributed by atoms with Gasteiger partial charge in [-0.2, -0.15) is 0 Å². The molecule has 1 amide bonds. The third-order valence-corrected chi connectivity index (χ3v) is 9.05. The van der Waals surface area contributed by atoms with Crippen LogP contribution >= 0.6 is 23.2 Å². The van der Waals surface area contributed by atoms with Crippen molar-refractivity contribution in [1.29, 1.82) is 0 Å². The summed E-state index contributed by atoms with van der Waals surface area (Å²) in [6.45, 7) is 0.755. The molecule has 2 saturated carbocycles. The van der Waals surface area contributed by atoms with Gasteiger partial charge in [-0.3, -0.25) is 4.79 Å². The number of benzene rings is 1. The van der Waals surface area contributed by atoms with Crippen molar-refractivity contribution < 1.29 is 13.2 Å². The van der Waals surface area contributed by atoms with E-state index in [-0.39, 0.29) is 17.6 Å². The molecule has 1 N–H and O–H groups in total. The number of carbonyl (C=O) groups is 1. The van der Waals surface area contributed by atoms with Gasteiger partial charge in [0.1, 0.15) is 0 Å². The van der Waals surface area contributed by atoms with Crippen LogP contribution in [0.15, 0.2) is 18.2 Å². The third-order valence-electron chi connectivity index (χ3n) is 6.64. The van der Waals surface area contributed by atoms with Crippen LogP contribution in [-0.4, -0.2) is 37.8 Å². The van der Waals surface area contributed by atoms with Gasteiger partial charge in [0, 0.05) is 35.1 Å². The second-order valence-corrected chi connectivity index (χ2v) is 11.3. The Morgan fingerprint density at radius 2 is 1.86 bits per heavy atom. The van der Waals surface area contributed by atoms with Gasteiger partial charge in [-0.05, 0) is 61.6 Å². The van der Waals surface area contributed by atoms with Gasteiger partial charge in [-0.15, -0.1) is 0 Å². The molecular weight excluding hydrogens is 419 g/mol. The van der Waals surface area contributed by atoms with E-state index in [1.807, 2.05) is 0 Å². The van der Waals surface area contributed by atoms with Gasteiger partial charge < -0.3 is 5.32 Å². The van der Waals surface area contributed by atoms with Gasteiger partial charge in [-0.25, -0.2) is 12.7 Å². The first-order valence-electron chi connectivity index (χ1n) is 10.0. The molecule has 5 nitrogen and oxygen atoms in total. The number of hydrogen-bond donors (Lipinski definition) is 1. The Balaban J connectivity index is 1.31. The van der Waals surface area contributed by atoms with E-state index in [4.69, 9.17) is 23.2 Å². The molecule has 0 unspecified atom stereocenters. The maximum absolute atomic E-state index is 12.8. The lowest BCUT2D eigenvalue weighted by molar-refractivity contribution is -0.127. The Bertz CT molecular complexity index is 853. The first kappa shape index (κ1) is 20.5. The third kappa shape index (κ3) is 4.35. The molecule has 1 aromatic rings. The van der Waals surface area contributed by atoms with Gasteiger partial charge in [0.05, 0.1) is 5.75 Å². The second kappa shape index (κ2) is 8.13. The van der Waals surface area contributed by atoms with Crippen molar-refractivity contribution in [3.63, 3.8) is 0 Å². The number of rotatable bonds is 5. The highest BCUT2D eigenvalue weighted by atomic mass is 35.5. The van der Waals surface area contributed by atoms with Crippen molar-refractivity contribution in [2.45, 2.75) is 50.3 Å². The molecule has 2 bridgehead atoms. The number of amides is 1. The molecule has 154 valence electrons. The molecule has 0 aromatic heterocycles. The van der Waals surface area contributed by atoms with E-state index in [1.165, 1.54) is 23.6 Å². The Hall–Kier alpha value is -0.820. The minimum absolute atomic E-state index is 0.0929. The maximum Gasteiger partial charge on any atom is 0.223 e. The fourth-order valence-corrected chi connectivity index (χ4v) is 7.19. The Labute approximate surface area is 176 Å². The first-order chi connectivity index (χ1) is 13.3. The van der Waals surface area contributed by atoms with Crippen molar-refractivity contribution in [2.75, 3.05) is 13.1 Å². The van der Waals surface area contributed by atoms with Gasteiger partial charge >= 0.3 is 0 Å². The molecule has 2 aliphatic carbocycles. The summed E-state index contributed by atoms with van der Waals surface area (Å²) in [5.74, 6) is 1.31. The number of halogens is 2. The quantitative estimate of drug-likeness (QED) is 0.749. The van der Waals surface area contributed by atoms with Gasteiger partial charge in [0.15, 0.2) is 0 Å². The molecule has 1 saturated heterocycles. The molecule has 28 heavy (non-hydrogen) atoms. The molecule has 8 heteroatoms. The minimum atomic E-state index is -3.48. The number of nitrogens with zero attached hydrogens (tertiary/aromatic N) is 1. The molecular formula is C20H26Cl2N2O3S. The second-order valence-electron chi connectivity index (χ2n) is 8.46. The van der Waals surface area contributed by atoms with Crippen LogP contribution in [-0.2, 0) is 20.6 Å². The summed E-state index contributed by atoms with van der Waals surface area (Å²) < 4.78 is 27.0. The van der Waals surface area contributed by atoms with Crippen molar-refractivity contribution in [2.24, 2.45) is 17.8 Å².